The topological polar surface area (TPSA) is 91.9 Å². The van der Waals surface area contributed by atoms with Crippen LogP contribution in [0.15, 0.2) is 24.4 Å². The minimum absolute atomic E-state index is 0.0991. The van der Waals surface area contributed by atoms with Crippen LogP contribution < -0.4 is 29.9 Å². The number of carbonyl (C=O) groups excluding carboxylic acids is 1. The lowest BCUT2D eigenvalue weighted by molar-refractivity contribution is -0.140. The largest absolute Gasteiger partial charge is 0.494 e. The Morgan fingerprint density at radius 2 is 1.93 bits per heavy atom. The van der Waals surface area contributed by atoms with Crippen LogP contribution in [0.2, 0.25) is 0 Å². The van der Waals surface area contributed by atoms with Gasteiger partial charge in [0.1, 0.15) is 17.2 Å². The first-order valence-corrected chi connectivity index (χ1v) is 14.4. The van der Waals surface area contributed by atoms with Crippen molar-refractivity contribution in [2.45, 2.75) is 63.3 Å². The van der Waals surface area contributed by atoms with Gasteiger partial charge in [0.15, 0.2) is 5.82 Å². The van der Waals surface area contributed by atoms with Crippen molar-refractivity contribution in [3.05, 3.63) is 24.4 Å². The van der Waals surface area contributed by atoms with Gasteiger partial charge in [-0.2, -0.15) is 13.8 Å². The number of alkyl halides is 2. The Bertz CT molecular complexity index is 1240. The second-order valence-corrected chi connectivity index (χ2v) is 11.9. The SMILES string of the molecule is COc1cc(OCC2CC3(CCNCC3)C2)ccc1Nc1ncc2c(n1)N(C1CCCC1)CC(F)(F)C(=O)N2C. The summed E-state index contributed by atoms with van der Waals surface area (Å²) in [5, 5.41) is 6.63. The second kappa shape index (κ2) is 10.6. The van der Waals surface area contributed by atoms with Gasteiger partial charge in [-0.1, -0.05) is 12.8 Å². The van der Waals surface area contributed by atoms with Crippen molar-refractivity contribution in [2.24, 2.45) is 11.3 Å². The number of nitrogens with one attached hydrogen (secondary N) is 2. The summed E-state index contributed by atoms with van der Waals surface area (Å²) in [5.74, 6) is -2.32. The van der Waals surface area contributed by atoms with Gasteiger partial charge >= 0.3 is 5.92 Å². The van der Waals surface area contributed by atoms with E-state index in [0.29, 0.717) is 35.2 Å². The van der Waals surface area contributed by atoms with Crippen molar-refractivity contribution in [1.29, 1.82) is 0 Å². The summed E-state index contributed by atoms with van der Waals surface area (Å²) >= 11 is 0. The van der Waals surface area contributed by atoms with Crippen molar-refractivity contribution < 1.29 is 23.0 Å². The molecule has 3 heterocycles. The summed E-state index contributed by atoms with van der Waals surface area (Å²) in [6, 6.07) is 5.46. The van der Waals surface area contributed by atoms with Crippen LogP contribution in [0.3, 0.4) is 0 Å². The Morgan fingerprint density at radius 3 is 2.65 bits per heavy atom. The zero-order valence-electron chi connectivity index (χ0n) is 23.2. The van der Waals surface area contributed by atoms with E-state index in [0.717, 1.165) is 49.4 Å². The molecule has 0 bridgehead atoms. The van der Waals surface area contributed by atoms with E-state index in [1.54, 1.807) is 12.0 Å². The van der Waals surface area contributed by atoms with Crippen molar-refractivity contribution in [3.8, 4) is 11.5 Å². The minimum Gasteiger partial charge on any atom is -0.494 e. The molecule has 4 aliphatic rings. The van der Waals surface area contributed by atoms with Gasteiger partial charge in [0, 0.05) is 19.2 Å². The lowest BCUT2D eigenvalue weighted by Crippen LogP contribution is -2.48. The Morgan fingerprint density at radius 1 is 1.18 bits per heavy atom. The molecule has 0 radical (unpaired) electrons. The average molecular weight is 557 g/mol. The average Bonchev–Trinajstić information content (AvgIpc) is 3.47. The van der Waals surface area contributed by atoms with E-state index >= 15 is 0 Å². The number of hydrogen-bond donors (Lipinski definition) is 2. The predicted molar refractivity (Wildman–Crippen MR) is 149 cm³/mol. The minimum atomic E-state index is -3.52. The van der Waals surface area contributed by atoms with Crippen LogP contribution in [0.4, 0.5) is 31.9 Å². The molecular formula is C29H38F2N6O3. The van der Waals surface area contributed by atoms with Crippen molar-refractivity contribution >= 4 is 29.0 Å². The highest BCUT2D eigenvalue weighted by atomic mass is 19.3. The van der Waals surface area contributed by atoms with E-state index in [1.165, 1.54) is 38.9 Å². The molecule has 9 nitrogen and oxygen atoms in total. The van der Waals surface area contributed by atoms with Crippen LogP contribution in [0.5, 0.6) is 11.5 Å². The molecule has 1 amide bonds. The molecule has 216 valence electrons. The maximum Gasteiger partial charge on any atom is 0.342 e. The van der Waals surface area contributed by atoms with Crippen LogP contribution in [-0.2, 0) is 4.79 Å². The van der Waals surface area contributed by atoms with Crippen LogP contribution in [0, 0.1) is 11.3 Å². The molecule has 2 N–H and O–H groups in total. The number of halogens is 2. The summed E-state index contributed by atoms with van der Waals surface area (Å²) in [7, 11) is 2.93. The molecule has 2 aromatic rings. The molecule has 3 fully saturated rings. The number of amides is 1. The third-order valence-corrected chi connectivity index (χ3v) is 9.15. The fourth-order valence-electron chi connectivity index (χ4n) is 6.95. The number of aromatic nitrogens is 2. The highest BCUT2D eigenvalue weighted by Crippen LogP contribution is 2.51. The lowest BCUT2D eigenvalue weighted by Gasteiger charge is -2.50. The second-order valence-electron chi connectivity index (χ2n) is 11.9. The smallest absolute Gasteiger partial charge is 0.342 e. The number of fused-ring (bicyclic) bond motifs is 1. The third-order valence-electron chi connectivity index (χ3n) is 9.15. The molecule has 2 saturated carbocycles. The molecule has 2 aliphatic heterocycles. The van der Waals surface area contributed by atoms with Gasteiger partial charge < -0.3 is 29.9 Å². The highest BCUT2D eigenvalue weighted by molar-refractivity contribution is 6.02. The van der Waals surface area contributed by atoms with E-state index in [-0.39, 0.29) is 17.7 Å². The van der Waals surface area contributed by atoms with E-state index < -0.39 is 18.4 Å². The van der Waals surface area contributed by atoms with Gasteiger partial charge in [-0.3, -0.25) is 4.79 Å². The molecule has 1 aromatic heterocycles. The van der Waals surface area contributed by atoms with E-state index in [1.807, 2.05) is 18.2 Å². The van der Waals surface area contributed by atoms with Crippen LogP contribution in [0.1, 0.15) is 51.4 Å². The number of rotatable bonds is 7. The van der Waals surface area contributed by atoms with Crippen molar-refractivity contribution in [3.63, 3.8) is 0 Å². The van der Waals surface area contributed by atoms with Gasteiger partial charge in [-0.05, 0) is 75.1 Å². The fraction of sp³-hybridized carbons (Fsp3) is 0.621. The summed E-state index contributed by atoms with van der Waals surface area (Å²) in [4.78, 5) is 24.1. The lowest BCUT2D eigenvalue weighted by atomic mass is 9.58. The zero-order chi connectivity index (χ0) is 27.9. The number of hydrogen-bond acceptors (Lipinski definition) is 8. The number of anilines is 4. The van der Waals surface area contributed by atoms with Crippen LogP contribution >= 0.6 is 0 Å². The molecule has 1 aromatic carbocycles. The molecule has 0 atom stereocenters. The van der Waals surface area contributed by atoms with Gasteiger partial charge in [-0.15, -0.1) is 0 Å². The molecule has 1 spiro atoms. The summed E-state index contributed by atoms with van der Waals surface area (Å²) in [5.41, 5.74) is 1.42. The normalized spacial score (nSPS) is 22.6. The van der Waals surface area contributed by atoms with E-state index in [4.69, 9.17) is 9.47 Å². The maximum absolute atomic E-state index is 14.9. The van der Waals surface area contributed by atoms with Gasteiger partial charge in [-0.25, -0.2) is 4.98 Å². The molecule has 0 unspecified atom stereocenters. The van der Waals surface area contributed by atoms with Crippen LogP contribution in [0.25, 0.3) is 0 Å². The first kappa shape index (κ1) is 27.0. The third kappa shape index (κ3) is 5.15. The number of methoxy groups -OCH3 is 1. The summed E-state index contributed by atoms with van der Waals surface area (Å²) < 4.78 is 41.5. The predicted octanol–water partition coefficient (Wildman–Crippen LogP) is 4.75. The Balaban J connectivity index is 1.17. The summed E-state index contributed by atoms with van der Waals surface area (Å²) in [6.07, 6.45) is 9.91. The quantitative estimate of drug-likeness (QED) is 0.505. The van der Waals surface area contributed by atoms with Gasteiger partial charge in [0.2, 0.25) is 5.95 Å². The Kier molecular flexibility index (Phi) is 7.18. The fourth-order valence-corrected chi connectivity index (χ4v) is 6.95. The molecular weight excluding hydrogens is 518 g/mol. The number of ether oxygens (including phenoxy) is 2. The van der Waals surface area contributed by atoms with Gasteiger partial charge in [0.05, 0.1) is 32.1 Å². The number of carbonyl (C=O) groups is 1. The highest BCUT2D eigenvalue weighted by Gasteiger charge is 2.49. The Labute approximate surface area is 233 Å². The number of benzene rings is 1. The maximum atomic E-state index is 14.9. The molecule has 6 rings (SSSR count). The van der Waals surface area contributed by atoms with E-state index in [9.17, 15) is 13.6 Å². The number of piperidine rings is 1. The molecule has 2 aliphatic carbocycles. The standard InChI is InChI=1S/C29H38F2N6O3/c1-36-23-16-33-27(35-25(23)37(20-5-3-4-6-20)18-29(30,31)26(36)38)34-22-8-7-21(13-24(22)39-2)40-17-19-14-28(15-19)9-11-32-12-10-28/h7-8,13,16,19-20,32H,3-6,9-12,14-15,17-18H2,1-2H3,(H,33,34,35). The molecule has 11 heteroatoms. The summed E-state index contributed by atoms with van der Waals surface area (Å²) in [6.45, 7) is 2.23. The first-order chi connectivity index (χ1) is 19.3. The monoisotopic (exact) mass is 556 g/mol. The van der Waals surface area contributed by atoms with Crippen molar-refractivity contribution in [2.75, 3.05) is 55.5 Å². The number of nitrogens with zero attached hydrogens (tertiary/aromatic N) is 4. The molecule has 1 saturated heterocycles. The first-order valence-electron chi connectivity index (χ1n) is 14.4. The van der Waals surface area contributed by atoms with Crippen LogP contribution in [-0.4, -0.2) is 68.2 Å². The Hall–Kier alpha value is -3.21. The van der Waals surface area contributed by atoms with Gasteiger partial charge in [0.25, 0.3) is 5.91 Å². The van der Waals surface area contributed by atoms with Crippen molar-refractivity contribution in [1.82, 2.24) is 15.3 Å². The zero-order valence-corrected chi connectivity index (χ0v) is 23.2. The molecule has 40 heavy (non-hydrogen) atoms. The van der Waals surface area contributed by atoms with E-state index in [2.05, 4.69) is 20.6 Å².